The maximum Gasteiger partial charge on any atom is 0.416 e. The van der Waals surface area contributed by atoms with Gasteiger partial charge in [0.05, 0.1) is 10.5 Å². The summed E-state index contributed by atoms with van der Waals surface area (Å²) in [7, 11) is -4.22. The molecule has 0 aliphatic heterocycles. The van der Waals surface area contributed by atoms with E-state index in [1.807, 2.05) is 4.57 Å². The van der Waals surface area contributed by atoms with Gasteiger partial charge in [-0.2, -0.15) is 13.2 Å². The molecule has 3 heterocycles. The molecule has 8 nitrogen and oxygen atoms in total. The molecule has 3 aromatic heterocycles. The van der Waals surface area contributed by atoms with Crippen molar-refractivity contribution in [3.63, 3.8) is 0 Å². The van der Waals surface area contributed by atoms with E-state index in [1.54, 1.807) is 41.6 Å². The minimum atomic E-state index is -4.72. The van der Waals surface area contributed by atoms with Gasteiger partial charge in [0.1, 0.15) is 18.3 Å². The normalized spacial score (nSPS) is 19.5. The van der Waals surface area contributed by atoms with Crippen LogP contribution in [-0.4, -0.2) is 38.6 Å². The Balaban J connectivity index is 1.51. The van der Waals surface area contributed by atoms with Crippen LogP contribution < -0.4 is 4.72 Å². The van der Waals surface area contributed by atoms with Gasteiger partial charge in [-0.15, -0.1) is 10.2 Å². The Morgan fingerprint density at radius 2 is 1.85 bits per heavy atom. The molecule has 0 spiro atoms. The summed E-state index contributed by atoms with van der Waals surface area (Å²) >= 11 is 0. The lowest BCUT2D eigenvalue weighted by molar-refractivity contribution is -0.137. The molecule has 4 aromatic rings. The molecule has 0 radical (unpaired) electrons. The number of benzene rings is 1. The molecule has 2 unspecified atom stereocenters. The molecule has 1 N–H and O–H groups in total. The van der Waals surface area contributed by atoms with E-state index in [4.69, 9.17) is 0 Å². The Labute approximate surface area is 193 Å². The maximum atomic E-state index is 13.7. The van der Waals surface area contributed by atoms with Gasteiger partial charge in [-0.25, -0.2) is 18.1 Å². The van der Waals surface area contributed by atoms with Crippen LogP contribution in [0.15, 0.2) is 66.5 Å². The van der Waals surface area contributed by atoms with Crippen LogP contribution in [0.25, 0.3) is 16.8 Å². The summed E-state index contributed by atoms with van der Waals surface area (Å²) in [5, 5.41) is 7.59. The minimum Gasteiger partial charge on any atom is -0.317 e. The lowest BCUT2D eigenvalue weighted by Crippen LogP contribution is -2.38. The third kappa shape index (κ3) is 4.42. The van der Waals surface area contributed by atoms with Gasteiger partial charge in [0, 0.05) is 36.2 Å². The monoisotopic (exact) mass is 490 g/mol. The fraction of sp³-hybridized carbons (Fsp3) is 0.318. The molecular formula is C22H21F3N6O2S. The number of hydrogen-bond acceptors (Lipinski definition) is 5. The smallest absolute Gasteiger partial charge is 0.317 e. The number of alkyl halides is 3. The molecule has 1 aromatic carbocycles. The molecule has 0 saturated heterocycles. The highest BCUT2D eigenvalue weighted by Crippen LogP contribution is 2.36. The number of sulfonamides is 1. The number of nitrogens with zero attached hydrogens (tertiary/aromatic N) is 5. The molecule has 1 aliphatic rings. The molecule has 0 bridgehead atoms. The highest BCUT2D eigenvalue weighted by molar-refractivity contribution is 7.89. The number of aromatic nitrogens is 5. The molecule has 178 valence electrons. The first-order valence-corrected chi connectivity index (χ1v) is 12.2. The average molecular weight is 491 g/mol. The second kappa shape index (κ2) is 8.51. The van der Waals surface area contributed by atoms with Gasteiger partial charge in [-0.05, 0) is 61.6 Å². The quantitative estimate of drug-likeness (QED) is 0.455. The zero-order valence-electron chi connectivity index (χ0n) is 17.9. The largest absolute Gasteiger partial charge is 0.416 e. The summed E-state index contributed by atoms with van der Waals surface area (Å²) in [4.78, 5) is 3.78. The van der Waals surface area contributed by atoms with Crippen LogP contribution in [0.1, 0.15) is 37.3 Å². The number of rotatable bonds is 5. The predicted octanol–water partition coefficient (Wildman–Crippen LogP) is 4.07. The van der Waals surface area contributed by atoms with E-state index >= 15 is 0 Å². The number of halogens is 3. The average Bonchev–Trinajstić information content (AvgIpc) is 3.50. The molecule has 1 fully saturated rings. The summed E-state index contributed by atoms with van der Waals surface area (Å²) < 4.78 is 73.8. The van der Waals surface area contributed by atoms with Crippen LogP contribution in [0.5, 0.6) is 0 Å². The standard InChI is InChI=1S/C22H21F3N6O2S/c23-22(24,25)16-9-15(20-5-2-7-30-8-6-26-21(20)30)10-19(11-16)34(32,33)29-17-3-1-4-18(12-17)31-13-27-28-14-31/h2,5-11,13-14,17-18,29H,1,3-4,12H2. The minimum absolute atomic E-state index is 0.0200. The summed E-state index contributed by atoms with van der Waals surface area (Å²) in [6, 6.07) is 5.79. The first kappa shape index (κ1) is 22.5. The van der Waals surface area contributed by atoms with Gasteiger partial charge < -0.3 is 8.97 Å². The molecule has 5 rings (SSSR count). The number of pyridine rings is 1. The van der Waals surface area contributed by atoms with Gasteiger partial charge in [-0.3, -0.25) is 0 Å². The van der Waals surface area contributed by atoms with Gasteiger partial charge in [-0.1, -0.05) is 0 Å². The summed E-state index contributed by atoms with van der Waals surface area (Å²) in [5.74, 6) is 0. The highest BCUT2D eigenvalue weighted by atomic mass is 32.2. The Bertz CT molecular complexity index is 1420. The zero-order valence-corrected chi connectivity index (χ0v) is 18.7. The van der Waals surface area contributed by atoms with Crippen LogP contribution in [0.3, 0.4) is 0 Å². The van der Waals surface area contributed by atoms with Crippen LogP contribution in [-0.2, 0) is 16.2 Å². The van der Waals surface area contributed by atoms with Crippen molar-refractivity contribution in [2.75, 3.05) is 0 Å². The van der Waals surface area contributed by atoms with Crippen LogP contribution >= 0.6 is 0 Å². The van der Waals surface area contributed by atoms with Crippen molar-refractivity contribution in [1.82, 2.24) is 28.9 Å². The van der Waals surface area contributed by atoms with Gasteiger partial charge in [0.2, 0.25) is 10.0 Å². The number of nitrogens with one attached hydrogen (secondary N) is 1. The SMILES string of the molecule is O=S(=O)(NC1CCCC(n2cnnc2)C1)c1cc(-c2cccn3ccnc23)cc(C(F)(F)F)c1. The second-order valence-electron chi connectivity index (χ2n) is 8.37. The Hall–Kier alpha value is -3.25. The fourth-order valence-electron chi connectivity index (χ4n) is 4.47. The van der Waals surface area contributed by atoms with Crippen LogP contribution in [0, 0.1) is 0 Å². The van der Waals surface area contributed by atoms with Crippen molar-refractivity contribution in [1.29, 1.82) is 0 Å². The highest BCUT2D eigenvalue weighted by Gasteiger charge is 2.34. The summed E-state index contributed by atoms with van der Waals surface area (Å²) in [6.45, 7) is 0. The van der Waals surface area contributed by atoms with Crippen molar-refractivity contribution >= 4 is 15.7 Å². The van der Waals surface area contributed by atoms with E-state index in [1.165, 1.54) is 12.3 Å². The summed E-state index contributed by atoms with van der Waals surface area (Å²) in [6.07, 6.45) is 6.06. The van der Waals surface area contributed by atoms with E-state index in [2.05, 4.69) is 19.9 Å². The molecule has 1 saturated carbocycles. The van der Waals surface area contributed by atoms with Crippen LogP contribution in [0.4, 0.5) is 13.2 Å². The van der Waals surface area contributed by atoms with Gasteiger partial charge in [0.25, 0.3) is 0 Å². The van der Waals surface area contributed by atoms with Crippen molar-refractivity contribution < 1.29 is 21.6 Å². The Kier molecular flexibility index (Phi) is 5.64. The first-order valence-electron chi connectivity index (χ1n) is 10.7. The maximum absolute atomic E-state index is 13.7. The Morgan fingerprint density at radius 1 is 1.06 bits per heavy atom. The van der Waals surface area contributed by atoms with Crippen molar-refractivity contribution in [3.05, 3.63) is 67.1 Å². The fourth-order valence-corrected chi connectivity index (χ4v) is 5.83. The van der Waals surface area contributed by atoms with Gasteiger partial charge in [0.15, 0.2) is 0 Å². The number of hydrogen-bond donors (Lipinski definition) is 1. The summed E-state index contributed by atoms with van der Waals surface area (Å²) in [5.41, 5.74) is -0.0782. The second-order valence-corrected chi connectivity index (χ2v) is 10.1. The first-order chi connectivity index (χ1) is 16.2. The lowest BCUT2D eigenvalue weighted by Gasteiger charge is -2.30. The topological polar surface area (TPSA) is 94.2 Å². The molecular weight excluding hydrogens is 469 g/mol. The number of imidazole rings is 1. The lowest BCUT2D eigenvalue weighted by atomic mass is 9.91. The van der Waals surface area contributed by atoms with Gasteiger partial charge >= 0.3 is 6.18 Å². The molecule has 0 amide bonds. The van der Waals surface area contributed by atoms with E-state index in [9.17, 15) is 21.6 Å². The zero-order chi connectivity index (χ0) is 23.9. The molecule has 2 atom stereocenters. The van der Waals surface area contributed by atoms with E-state index in [0.29, 0.717) is 30.1 Å². The molecule has 1 aliphatic carbocycles. The third-order valence-electron chi connectivity index (χ3n) is 6.10. The third-order valence-corrected chi connectivity index (χ3v) is 7.60. The van der Waals surface area contributed by atoms with Crippen molar-refractivity contribution in [2.24, 2.45) is 0 Å². The van der Waals surface area contributed by atoms with Crippen molar-refractivity contribution in [2.45, 2.75) is 48.8 Å². The van der Waals surface area contributed by atoms with E-state index < -0.39 is 32.7 Å². The van der Waals surface area contributed by atoms with E-state index in [0.717, 1.165) is 18.9 Å². The van der Waals surface area contributed by atoms with E-state index in [-0.39, 0.29) is 11.6 Å². The van der Waals surface area contributed by atoms with Crippen LogP contribution in [0.2, 0.25) is 0 Å². The number of fused-ring (bicyclic) bond motifs is 1. The van der Waals surface area contributed by atoms with Crippen molar-refractivity contribution in [3.8, 4) is 11.1 Å². The Morgan fingerprint density at radius 3 is 2.62 bits per heavy atom. The predicted molar refractivity (Wildman–Crippen MR) is 117 cm³/mol. The molecule has 34 heavy (non-hydrogen) atoms. The molecule has 12 heteroatoms.